The predicted octanol–water partition coefficient (Wildman–Crippen LogP) is 5.56. The van der Waals surface area contributed by atoms with Crippen LogP contribution >= 0.6 is 0 Å². The van der Waals surface area contributed by atoms with Crippen LogP contribution in [0.2, 0.25) is 0 Å². The lowest BCUT2D eigenvalue weighted by molar-refractivity contribution is 0.102. The Labute approximate surface area is 205 Å². The van der Waals surface area contributed by atoms with Gasteiger partial charge in [0.25, 0.3) is 15.9 Å². The third kappa shape index (κ3) is 8.63. The Morgan fingerprint density at radius 1 is 0.857 bits per heavy atom. The number of sulfonamides is 1. The highest BCUT2D eigenvalue weighted by atomic mass is 32.2. The summed E-state index contributed by atoms with van der Waals surface area (Å²) in [6.07, 6.45) is 0.927. The van der Waals surface area contributed by atoms with E-state index >= 15 is 0 Å². The lowest BCUT2D eigenvalue weighted by Gasteiger charge is -2.11. The molecule has 0 aliphatic carbocycles. The molecule has 182 valence electrons. The fourth-order valence-corrected chi connectivity index (χ4v) is 3.76. The third-order valence-corrected chi connectivity index (χ3v) is 5.58. The average Bonchev–Trinajstić information content (AvgIpc) is 2.83. The van der Waals surface area contributed by atoms with Crippen molar-refractivity contribution in [2.45, 2.75) is 13.8 Å². The van der Waals surface area contributed by atoms with E-state index < -0.39 is 16.1 Å². The van der Waals surface area contributed by atoms with Gasteiger partial charge in [0.05, 0.1) is 12.0 Å². The molecule has 2 amide bonds. The van der Waals surface area contributed by atoms with Crippen molar-refractivity contribution in [2.75, 3.05) is 22.0 Å². The topological polar surface area (TPSA) is 114 Å². The zero-order valence-electron chi connectivity index (χ0n) is 19.4. The second-order valence-corrected chi connectivity index (χ2v) is 9.66. The fraction of sp³-hybridized carbons (Fsp3) is 0.154. The molecule has 0 aliphatic heterocycles. The third-order valence-electron chi connectivity index (χ3n) is 4.56. The number of carbonyl (C=O) groups is 2. The van der Waals surface area contributed by atoms with Crippen LogP contribution < -0.4 is 15.4 Å². The van der Waals surface area contributed by atoms with E-state index in [2.05, 4.69) is 15.4 Å². The first-order valence-electron chi connectivity index (χ1n) is 10.9. The smallest absolute Gasteiger partial charge is 0.411 e. The van der Waals surface area contributed by atoms with Crippen LogP contribution in [0.3, 0.4) is 0 Å². The summed E-state index contributed by atoms with van der Waals surface area (Å²) in [5.74, 6) is -0.165. The Kier molecular flexibility index (Phi) is 8.63. The number of anilines is 3. The predicted molar refractivity (Wildman–Crippen MR) is 139 cm³/mol. The lowest BCUT2D eigenvalue weighted by atomic mass is 10.2. The highest BCUT2D eigenvalue weighted by Gasteiger charge is 2.10. The van der Waals surface area contributed by atoms with Gasteiger partial charge >= 0.3 is 6.09 Å². The minimum Gasteiger partial charge on any atom is -0.449 e. The molecular weight excluding hydrogens is 466 g/mol. The Morgan fingerprint density at radius 3 is 2.17 bits per heavy atom. The van der Waals surface area contributed by atoms with Crippen LogP contribution in [0.4, 0.5) is 21.9 Å². The summed E-state index contributed by atoms with van der Waals surface area (Å²) in [4.78, 5) is 24.5. The molecule has 0 aliphatic rings. The molecule has 0 radical (unpaired) electrons. The van der Waals surface area contributed by atoms with Gasteiger partial charge in [0, 0.05) is 22.6 Å². The normalized spacial score (nSPS) is 11.3. The second kappa shape index (κ2) is 11.8. The maximum Gasteiger partial charge on any atom is 0.411 e. The molecular formula is C26H27N3O5S. The lowest BCUT2D eigenvalue weighted by Crippen LogP contribution is -2.17. The van der Waals surface area contributed by atoms with E-state index in [0.717, 1.165) is 11.0 Å². The number of ether oxygens (including phenoxy) is 1. The van der Waals surface area contributed by atoms with Crippen LogP contribution in [0.15, 0.2) is 84.3 Å². The summed E-state index contributed by atoms with van der Waals surface area (Å²) in [5, 5.41) is 6.45. The maximum absolute atomic E-state index is 12.6. The average molecular weight is 494 g/mol. The van der Waals surface area contributed by atoms with Gasteiger partial charge in [0.1, 0.15) is 0 Å². The van der Waals surface area contributed by atoms with Crippen molar-refractivity contribution < 1.29 is 22.7 Å². The van der Waals surface area contributed by atoms with Gasteiger partial charge in [0.15, 0.2) is 0 Å². The van der Waals surface area contributed by atoms with Gasteiger partial charge in [-0.1, -0.05) is 50.2 Å². The molecule has 3 N–H and O–H groups in total. The molecule has 3 aromatic carbocycles. The van der Waals surface area contributed by atoms with Gasteiger partial charge in [-0.2, -0.15) is 0 Å². The number of benzene rings is 3. The Balaban J connectivity index is 1.58. The molecule has 0 heterocycles. The van der Waals surface area contributed by atoms with Gasteiger partial charge in [-0.05, 0) is 60.0 Å². The van der Waals surface area contributed by atoms with Gasteiger partial charge in [-0.3, -0.25) is 14.8 Å². The van der Waals surface area contributed by atoms with Gasteiger partial charge < -0.3 is 10.1 Å². The summed E-state index contributed by atoms with van der Waals surface area (Å²) < 4.78 is 32.1. The Bertz CT molecular complexity index is 1290. The van der Waals surface area contributed by atoms with E-state index in [0.29, 0.717) is 29.2 Å². The second-order valence-electron chi connectivity index (χ2n) is 8.09. The largest absolute Gasteiger partial charge is 0.449 e. The first-order valence-corrected chi connectivity index (χ1v) is 12.5. The molecule has 0 bridgehead atoms. The quantitative estimate of drug-likeness (QED) is 0.361. The van der Waals surface area contributed by atoms with E-state index in [1.165, 1.54) is 30.3 Å². The number of hydrogen-bond donors (Lipinski definition) is 3. The minimum absolute atomic E-state index is 0.221. The first-order chi connectivity index (χ1) is 16.7. The molecule has 0 fully saturated rings. The van der Waals surface area contributed by atoms with Crippen molar-refractivity contribution in [3.63, 3.8) is 0 Å². The molecule has 9 heteroatoms. The van der Waals surface area contributed by atoms with Crippen molar-refractivity contribution in [1.29, 1.82) is 0 Å². The highest BCUT2D eigenvalue weighted by Crippen LogP contribution is 2.18. The molecule has 3 rings (SSSR count). The molecule has 0 aromatic heterocycles. The van der Waals surface area contributed by atoms with Crippen LogP contribution in [0.25, 0.3) is 6.08 Å². The van der Waals surface area contributed by atoms with Crippen LogP contribution in [0, 0.1) is 5.92 Å². The van der Waals surface area contributed by atoms with Crippen molar-refractivity contribution in [2.24, 2.45) is 5.92 Å². The summed E-state index contributed by atoms with van der Waals surface area (Å²) >= 11 is 0. The molecule has 0 saturated carbocycles. The summed E-state index contributed by atoms with van der Waals surface area (Å²) in [6.45, 7) is 4.18. The van der Waals surface area contributed by atoms with Crippen molar-refractivity contribution in [3.05, 3.63) is 95.4 Å². The molecule has 0 spiro atoms. The molecule has 0 saturated heterocycles. The van der Waals surface area contributed by atoms with Gasteiger partial charge in [0.2, 0.25) is 0 Å². The van der Waals surface area contributed by atoms with Crippen molar-refractivity contribution in [3.8, 4) is 0 Å². The zero-order chi connectivity index (χ0) is 25.3. The molecule has 8 nitrogen and oxygen atoms in total. The molecule has 0 atom stereocenters. The SMILES string of the molecule is CC(C)COC(=O)Nc1cccc(NC(=O)c2ccc(NS(=O)(=O)/C=C/c3ccccc3)cc2)c1. The standard InChI is InChI=1S/C26H27N3O5S/c1-19(2)18-34-26(31)28-24-10-6-9-23(17-24)27-25(30)21-11-13-22(14-12-21)29-35(32,33)16-15-20-7-4-3-5-8-20/h3-17,19,29H,18H2,1-2H3,(H,27,30)(H,28,31)/b16-15+. The highest BCUT2D eigenvalue weighted by molar-refractivity contribution is 7.95. The fourth-order valence-electron chi connectivity index (χ4n) is 2.89. The molecule has 0 unspecified atom stereocenters. The Hall–Kier alpha value is -4.11. The summed E-state index contributed by atoms with van der Waals surface area (Å²) in [6, 6.07) is 21.8. The van der Waals surface area contributed by atoms with Gasteiger partial charge in [-0.25, -0.2) is 13.2 Å². The van der Waals surface area contributed by atoms with Crippen molar-refractivity contribution >= 4 is 45.2 Å². The Morgan fingerprint density at radius 2 is 1.51 bits per heavy atom. The van der Waals surface area contributed by atoms with Crippen LogP contribution in [-0.2, 0) is 14.8 Å². The summed E-state index contributed by atoms with van der Waals surface area (Å²) in [7, 11) is -3.71. The van der Waals surface area contributed by atoms with E-state index in [1.54, 1.807) is 36.4 Å². The molecule has 35 heavy (non-hydrogen) atoms. The van der Waals surface area contributed by atoms with Crippen LogP contribution in [-0.4, -0.2) is 27.0 Å². The zero-order valence-corrected chi connectivity index (χ0v) is 20.2. The van der Waals surface area contributed by atoms with Crippen LogP contribution in [0.5, 0.6) is 0 Å². The maximum atomic E-state index is 12.6. The van der Waals surface area contributed by atoms with E-state index in [4.69, 9.17) is 4.74 Å². The van der Waals surface area contributed by atoms with Crippen LogP contribution in [0.1, 0.15) is 29.8 Å². The number of carbonyl (C=O) groups excluding carboxylic acids is 2. The first kappa shape index (κ1) is 25.5. The number of hydrogen-bond acceptors (Lipinski definition) is 5. The number of rotatable bonds is 9. The number of nitrogens with one attached hydrogen (secondary N) is 3. The van der Waals surface area contributed by atoms with Gasteiger partial charge in [-0.15, -0.1) is 0 Å². The van der Waals surface area contributed by atoms with E-state index in [9.17, 15) is 18.0 Å². The van der Waals surface area contributed by atoms with E-state index in [1.807, 2.05) is 32.0 Å². The van der Waals surface area contributed by atoms with E-state index in [-0.39, 0.29) is 11.8 Å². The monoisotopic (exact) mass is 493 g/mol. The van der Waals surface area contributed by atoms with Crippen molar-refractivity contribution in [1.82, 2.24) is 0 Å². The molecule has 3 aromatic rings. The minimum atomic E-state index is -3.71. The number of amides is 2. The summed E-state index contributed by atoms with van der Waals surface area (Å²) in [5.41, 5.74) is 2.38.